The maximum atomic E-state index is 14.0. The van der Waals surface area contributed by atoms with Crippen molar-refractivity contribution in [3.63, 3.8) is 0 Å². The van der Waals surface area contributed by atoms with Gasteiger partial charge >= 0.3 is 0 Å². The molecule has 1 saturated heterocycles. The molecular formula is C22H26FN3O3S. The SMILES string of the molecule is C[C@@H]1CCc2ccccc2N1CC(=O)N1CCN(S(=O)(=O)c2ccccc2F)CC1. The second-order valence-corrected chi connectivity index (χ2v) is 9.77. The van der Waals surface area contributed by atoms with E-state index in [1.807, 2.05) is 12.1 Å². The Bertz CT molecular complexity index is 1040. The number of hydrogen-bond acceptors (Lipinski definition) is 4. The number of aryl methyl sites for hydroxylation is 1. The molecule has 1 atom stereocenters. The van der Waals surface area contributed by atoms with Crippen LogP contribution in [0.4, 0.5) is 10.1 Å². The zero-order chi connectivity index (χ0) is 21.3. The van der Waals surface area contributed by atoms with Crippen LogP contribution in [0.1, 0.15) is 18.9 Å². The third-order valence-corrected chi connectivity index (χ3v) is 7.95. The van der Waals surface area contributed by atoms with Gasteiger partial charge in [-0.3, -0.25) is 4.79 Å². The van der Waals surface area contributed by atoms with Gasteiger partial charge in [0, 0.05) is 37.9 Å². The molecule has 0 spiro atoms. The van der Waals surface area contributed by atoms with Crippen LogP contribution in [0.5, 0.6) is 0 Å². The molecule has 1 amide bonds. The Hall–Kier alpha value is -2.45. The summed E-state index contributed by atoms with van der Waals surface area (Å²) in [4.78, 5) is 16.5. The normalized spacial score (nSPS) is 20.1. The maximum absolute atomic E-state index is 14.0. The molecule has 30 heavy (non-hydrogen) atoms. The molecule has 0 unspecified atom stereocenters. The molecule has 0 radical (unpaired) electrons. The highest BCUT2D eigenvalue weighted by molar-refractivity contribution is 7.89. The van der Waals surface area contributed by atoms with E-state index in [4.69, 9.17) is 0 Å². The number of fused-ring (bicyclic) bond motifs is 1. The van der Waals surface area contributed by atoms with E-state index in [1.54, 1.807) is 4.90 Å². The van der Waals surface area contributed by atoms with Crippen molar-refractivity contribution in [1.82, 2.24) is 9.21 Å². The summed E-state index contributed by atoms with van der Waals surface area (Å²) in [6.45, 7) is 3.33. The summed E-state index contributed by atoms with van der Waals surface area (Å²) < 4.78 is 40.8. The van der Waals surface area contributed by atoms with Crippen molar-refractivity contribution in [3.8, 4) is 0 Å². The van der Waals surface area contributed by atoms with E-state index < -0.39 is 15.8 Å². The van der Waals surface area contributed by atoms with Crippen LogP contribution in [0.25, 0.3) is 0 Å². The zero-order valence-corrected chi connectivity index (χ0v) is 17.8. The summed E-state index contributed by atoms with van der Waals surface area (Å²) in [7, 11) is -3.91. The highest BCUT2D eigenvalue weighted by Crippen LogP contribution is 2.30. The van der Waals surface area contributed by atoms with Crippen molar-refractivity contribution in [1.29, 1.82) is 0 Å². The molecule has 4 rings (SSSR count). The molecule has 2 aliphatic rings. The van der Waals surface area contributed by atoms with Gasteiger partial charge in [-0.25, -0.2) is 12.8 Å². The van der Waals surface area contributed by atoms with Crippen LogP contribution in [0, 0.1) is 5.82 Å². The Balaban J connectivity index is 1.41. The van der Waals surface area contributed by atoms with Crippen LogP contribution in [-0.2, 0) is 21.2 Å². The van der Waals surface area contributed by atoms with Gasteiger partial charge in [0.25, 0.3) is 0 Å². The van der Waals surface area contributed by atoms with Crippen molar-refractivity contribution < 1.29 is 17.6 Å². The van der Waals surface area contributed by atoms with E-state index in [-0.39, 0.29) is 36.5 Å². The molecular weight excluding hydrogens is 405 g/mol. The first-order valence-electron chi connectivity index (χ1n) is 10.2. The third kappa shape index (κ3) is 3.94. The summed E-state index contributed by atoms with van der Waals surface area (Å²) in [5, 5.41) is 0. The number of hydrogen-bond donors (Lipinski definition) is 0. The standard InChI is InChI=1S/C22H26FN3O3S/c1-17-10-11-18-6-2-4-8-20(18)26(17)16-22(27)24-12-14-25(15-13-24)30(28,29)21-9-5-3-7-19(21)23/h2-9,17H,10-16H2,1H3/t17-/m1/s1. The Kier molecular flexibility index (Phi) is 5.79. The molecule has 2 aliphatic heterocycles. The molecule has 0 aromatic heterocycles. The van der Waals surface area contributed by atoms with E-state index in [0.717, 1.165) is 24.6 Å². The van der Waals surface area contributed by atoms with Gasteiger partial charge in [0.05, 0.1) is 6.54 Å². The number of rotatable bonds is 4. The lowest BCUT2D eigenvalue weighted by molar-refractivity contribution is -0.131. The molecule has 0 N–H and O–H groups in total. The predicted molar refractivity (Wildman–Crippen MR) is 113 cm³/mol. The van der Waals surface area contributed by atoms with E-state index in [2.05, 4.69) is 24.0 Å². The Morgan fingerprint density at radius 2 is 1.70 bits per heavy atom. The molecule has 0 saturated carbocycles. The van der Waals surface area contributed by atoms with Gasteiger partial charge in [-0.15, -0.1) is 0 Å². The molecule has 2 heterocycles. The fraction of sp³-hybridized carbons (Fsp3) is 0.409. The number of carbonyl (C=O) groups excluding carboxylic acids is 1. The largest absolute Gasteiger partial charge is 0.359 e. The average Bonchev–Trinajstić information content (AvgIpc) is 2.76. The monoisotopic (exact) mass is 431 g/mol. The first-order chi connectivity index (χ1) is 14.4. The highest BCUT2D eigenvalue weighted by atomic mass is 32.2. The Morgan fingerprint density at radius 1 is 1.03 bits per heavy atom. The number of anilines is 1. The molecule has 8 heteroatoms. The van der Waals surface area contributed by atoms with Crippen molar-refractivity contribution in [2.75, 3.05) is 37.6 Å². The van der Waals surface area contributed by atoms with Crippen LogP contribution in [0.2, 0.25) is 0 Å². The Morgan fingerprint density at radius 3 is 2.43 bits per heavy atom. The van der Waals surface area contributed by atoms with Crippen molar-refractivity contribution >= 4 is 21.6 Å². The van der Waals surface area contributed by atoms with Crippen molar-refractivity contribution in [2.24, 2.45) is 0 Å². The van der Waals surface area contributed by atoms with Gasteiger partial charge in [0.15, 0.2) is 0 Å². The van der Waals surface area contributed by atoms with E-state index >= 15 is 0 Å². The van der Waals surface area contributed by atoms with Gasteiger partial charge < -0.3 is 9.80 Å². The summed E-state index contributed by atoms with van der Waals surface area (Å²) in [6.07, 6.45) is 2.01. The lowest BCUT2D eigenvalue weighted by Crippen LogP contribution is -2.53. The van der Waals surface area contributed by atoms with Crippen molar-refractivity contribution in [3.05, 3.63) is 59.9 Å². The minimum Gasteiger partial charge on any atom is -0.359 e. The minimum atomic E-state index is -3.91. The van der Waals surface area contributed by atoms with Gasteiger partial charge in [0.1, 0.15) is 10.7 Å². The van der Waals surface area contributed by atoms with Gasteiger partial charge in [-0.2, -0.15) is 4.31 Å². The van der Waals surface area contributed by atoms with Gasteiger partial charge in [-0.1, -0.05) is 30.3 Å². The topological polar surface area (TPSA) is 60.9 Å². The highest BCUT2D eigenvalue weighted by Gasteiger charge is 2.33. The summed E-state index contributed by atoms with van der Waals surface area (Å²) >= 11 is 0. The number of benzene rings is 2. The van der Waals surface area contributed by atoms with Gasteiger partial charge in [0.2, 0.25) is 15.9 Å². The second-order valence-electron chi connectivity index (χ2n) is 7.86. The number of sulfonamides is 1. The van der Waals surface area contributed by atoms with Crippen molar-refractivity contribution in [2.45, 2.75) is 30.7 Å². The fourth-order valence-corrected chi connectivity index (χ4v) is 5.70. The quantitative estimate of drug-likeness (QED) is 0.746. The molecule has 6 nitrogen and oxygen atoms in total. The molecule has 2 aromatic carbocycles. The van der Waals surface area contributed by atoms with Crippen LogP contribution in [-0.4, -0.2) is 62.3 Å². The van der Waals surface area contributed by atoms with E-state index in [0.29, 0.717) is 13.1 Å². The molecule has 1 fully saturated rings. The fourth-order valence-electron chi connectivity index (χ4n) is 4.22. The third-order valence-electron chi connectivity index (χ3n) is 6.02. The van der Waals surface area contributed by atoms with Gasteiger partial charge in [-0.05, 0) is 43.5 Å². The summed E-state index contributed by atoms with van der Waals surface area (Å²) in [5.41, 5.74) is 2.36. The molecule has 160 valence electrons. The van der Waals surface area contributed by atoms with Crippen LogP contribution in [0.15, 0.2) is 53.4 Å². The van der Waals surface area contributed by atoms with E-state index in [9.17, 15) is 17.6 Å². The summed E-state index contributed by atoms with van der Waals surface area (Å²) in [6, 6.07) is 13.8. The van der Waals surface area contributed by atoms with E-state index in [1.165, 1.54) is 28.1 Å². The first-order valence-corrected chi connectivity index (χ1v) is 11.7. The smallest absolute Gasteiger partial charge is 0.246 e. The number of nitrogens with zero attached hydrogens (tertiary/aromatic N) is 3. The number of carbonyl (C=O) groups is 1. The number of para-hydroxylation sites is 1. The van der Waals surface area contributed by atoms with Crippen LogP contribution >= 0.6 is 0 Å². The average molecular weight is 432 g/mol. The lowest BCUT2D eigenvalue weighted by atomic mass is 9.96. The molecule has 2 aromatic rings. The van der Waals surface area contributed by atoms with Crippen LogP contribution < -0.4 is 4.90 Å². The zero-order valence-electron chi connectivity index (χ0n) is 17.0. The summed E-state index contributed by atoms with van der Waals surface area (Å²) in [5.74, 6) is -0.768. The number of piperazine rings is 1. The Labute approximate surface area is 176 Å². The lowest BCUT2D eigenvalue weighted by Gasteiger charge is -2.39. The second kappa shape index (κ2) is 8.35. The molecule has 0 aliphatic carbocycles. The first kappa shape index (κ1) is 20.8. The molecule has 0 bridgehead atoms. The minimum absolute atomic E-state index is 0.0125. The number of halogens is 1. The number of amides is 1. The van der Waals surface area contributed by atoms with Crippen LogP contribution in [0.3, 0.4) is 0 Å². The predicted octanol–water partition coefficient (Wildman–Crippen LogP) is 2.50. The maximum Gasteiger partial charge on any atom is 0.246 e.